The quantitative estimate of drug-likeness (QED) is 0.554. The Morgan fingerprint density at radius 1 is 1.64 bits per heavy atom. The molecule has 1 rings (SSSR count). The molecule has 0 aromatic rings. The molecule has 0 bridgehead atoms. The van der Waals surface area contributed by atoms with Gasteiger partial charge in [0.2, 0.25) is 0 Å². The largest absolute Gasteiger partial charge is 0.355 e. The Bertz CT molecular complexity index is 291. The molecule has 1 aliphatic rings. The maximum absolute atomic E-state index is 5.26. The van der Waals surface area contributed by atoms with Gasteiger partial charge in [0.1, 0.15) is 0 Å². The van der Waals surface area contributed by atoms with Gasteiger partial charge in [0, 0.05) is 35.1 Å². The molecule has 0 N–H and O–H groups in total. The molecule has 0 spiro atoms. The lowest BCUT2D eigenvalue weighted by molar-refractivity contribution is 0.615. The molecule has 0 aromatic heterocycles. The highest BCUT2D eigenvalue weighted by atomic mass is 79.9. The van der Waals surface area contributed by atoms with E-state index >= 15 is 0 Å². The Kier molecular flexibility index (Phi) is 2.21. The molecule has 0 aromatic carbocycles. The molecule has 0 saturated heterocycles. The zero-order chi connectivity index (χ0) is 8.43. The molecule has 1 aliphatic heterocycles. The Balaban J connectivity index is 3.02. The zero-order valence-electron chi connectivity index (χ0n) is 6.26. The van der Waals surface area contributed by atoms with E-state index in [-0.39, 0.29) is 0 Å². The Hall–Kier alpha value is -0.940. The maximum Gasteiger partial charge on any atom is 0.0482 e. The monoisotopic (exact) mass is 209 g/mol. The summed E-state index contributed by atoms with van der Waals surface area (Å²) >= 11 is 3.36. The second kappa shape index (κ2) is 2.98. The number of terminal acetylenes is 1. The summed E-state index contributed by atoms with van der Waals surface area (Å²) in [5.74, 6) is 2.56. The highest BCUT2D eigenvalue weighted by molar-refractivity contribution is 9.12. The summed E-state index contributed by atoms with van der Waals surface area (Å²) in [5.41, 5.74) is 1.69. The molecule has 56 valence electrons. The van der Waals surface area contributed by atoms with Crippen molar-refractivity contribution in [2.45, 2.75) is 0 Å². The van der Waals surface area contributed by atoms with Gasteiger partial charge in [0.05, 0.1) is 0 Å². The molecule has 0 fully saturated rings. The highest BCUT2D eigenvalue weighted by Gasteiger charge is 2.09. The van der Waals surface area contributed by atoms with Crippen LogP contribution in [0.1, 0.15) is 0 Å². The molecule has 0 saturated carbocycles. The maximum atomic E-state index is 5.26. The van der Waals surface area contributed by atoms with Crippen LogP contribution in [0.3, 0.4) is 0 Å². The van der Waals surface area contributed by atoms with Crippen LogP contribution >= 0.6 is 15.9 Å². The molecule has 0 aliphatic carbocycles. The molecule has 1 nitrogen and oxygen atoms in total. The lowest BCUT2D eigenvalue weighted by Gasteiger charge is -2.17. The van der Waals surface area contributed by atoms with Gasteiger partial charge in [-0.3, -0.25) is 0 Å². The lowest BCUT2D eigenvalue weighted by atomic mass is 10.1. The van der Waals surface area contributed by atoms with Gasteiger partial charge in [0.15, 0.2) is 0 Å². The molecular formula is C9H8BrN. The van der Waals surface area contributed by atoms with Gasteiger partial charge in [-0.2, -0.15) is 0 Å². The van der Waals surface area contributed by atoms with Crippen LogP contribution in [-0.4, -0.2) is 11.9 Å². The molecule has 0 amide bonds. The highest BCUT2D eigenvalue weighted by Crippen LogP contribution is 2.26. The van der Waals surface area contributed by atoms with Crippen molar-refractivity contribution in [2.75, 3.05) is 7.05 Å². The summed E-state index contributed by atoms with van der Waals surface area (Å²) in [4.78, 5) is 1.90. The zero-order valence-corrected chi connectivity index (χ0v) is 7.85. The van der Waals surface area contributed by atoms with Gasteiger partial charge in [-0.1, -0.05) is 12.5 Å². The average Bonchev–Trinajstić information content (AvgIpc) is 1.96. The first-order valence-electron chi connectivity index (χ1n) is 3.12. The SMILES string of the molecule is C#CC1=CN(C)C=C(Br)C1=C. The van der Waals surface area contributed by atoms with E-state index in [9.17, 15) is 0 Å². The Morgan fingerprint density at radius 3 is 2.82 bits per heavy atom. The van der Waals surface area contributed by atoms with Gasteiger partial charge in [-0.05, 0) is 15.9 Å². The van der Waals surface area contributed by atoms with E-state index < -0.39 is 0 Å². The van der Waals surface area contributed by atoms with Crippen LogP contribution in [0.25, 0.3) is 0 Å². The first-order valence-corrected chi connectivity index (χ1v) is 3.92. The van der Waals surface area contributed by atoms with E-state index in [2.05, 4.69) is 28.4 Å². The summed E-state index contributed by atoms with van der Waals surface area (Å²) in [7, 11) is 1.92. The van der Waals surface area contributed by atoms with Crippen LogP contribution in [0.15, 0.2) is 34.6 Å². The van der Waals surface area contributed by atoms with Crippen LogP contribution in [0.2, 0.25) is 0 Å². The molecule has 1 heterocycles. The van der Waals surface area contributed by atoms with E-state index in [0.717, 1.165) is 15.6 Å². The molecule has 11 heavy (non-hydrogen) atoms. The van der Waals surface area contributed by atoms with Crippen molar-refractivity contribution in [1.82, 2.24) is 4.90 Å². The minimum absolute atomic E-state index is 0.821. The minimum atomic E-state index is 0.821. The predicted octanol–water partition coefficient (Wildman–Crippen LogP) is 2.24. The molecule has 0 atom stereocenters. The topological polar surface area (TPSA) is 3.24 Å². The fraction of sp³-hybridized carbons (Fsp3) is 0.111. The Labute approximate surface area is 75.2 Å². The normalized spacial score (nSPS) is 17.2. The number of halogens is 1. The average molecular weight is 210 g/mol. The van der Waals surface area contributed by atoms with Crippen LogP contribution in [0.4, 0.5) is 0 Å². The van der Waals surface area contributed by atoms with Crippen LogP contribution in [-0.2, 0) is 0 Å². The first-order chi connectivity index (χ1) is 5.15. The van der Waals surface area contributed by atoms with E-state index in [1.54, 1.807) is 0 Å². The van der Waals surface area contributed by atoms with Crippen LogP contribution < -0.4 is 0 Å². The van der Waals surface area contributed by atoms with Crippen LogP contribution in [0.5, 0.6) is 0 Å². The fourth-order valence-electron chi connectivity index (χ4n) is 0.829. The third kappa shape index (κ3) is 1.55. The van der Waals surface area contributed by atoms with Crippen molar-refractivity contribution < 1.29 is 0 Å². The summed E-state index contributed by atoms with van der Waals surface area (Å²) < 4.78 is 0.940. The molecule has 2 heteroatoms. The van der Waals surface area contributed by atoms with Gasteiger partial charge in [-0.15, -0.1) is 6.42 Å². The number of nitrogens with zero attached hydrogens (tertiary/aromatic N) is 1. The number of hydrogen-bond donors (Lipinski definition) is 0. The number of allylic oxidation sites excluding steroid dienone is 3. The van der Waals surface area contributed by atoms with Crippen molar-refractivity contribution in [3.05, 3.63) is 34.6 Å². The summed E-state index contributed by atoms with van der Waals surface area (Å²) in [5, 5.41) is 0. The molecular weight excluding hydrogens is 202 g/mol. The summed E-state index contributed by atoms with van der Waals surface area (Å²) in [6.07, 6.45) is 9.05. The van der Waals surface area contributed by atoms with Crippen molar-refractivity contribution in [1.29, 1.82) is 0 Å². The number of hydrogen-bond acceptors (Lipinski definition) is 1. The van der Waals surface area contributed by atoms with E-state index in [1.807, 2.05) is 24.3 Å². The van der Waals surface area contributed by atoms with Crippen molar-refractivity contribution >= 4 is 15.9 Å². The van der Waals surface area contributed by atoms with E-state index in [0.29, 0.717) is 0 Å². The van der Waals surface area contributed by atoms with Gasteiger partial charge < -0.3 is 4.90 Å². The van der Waals surface area contributed by atoms with Gasteiger partial charge in [0.25, 0.3) is 0 Å². The van der Waals surface area contributed by atoms with E-state index in [4.69, 9.17) is 6.42 Å². The van der Waals surface area contributed by atoms with Gasteiger partial charge >= 0.3 is 0 Å². The smallest absolute Gasteiger partial charge is 0.0482 e. The number of rotatable bonds is 0. The Morgan fingerprint density at radius 2 is 2.27 bits per heavy atom. The van der Waals surface area contributed by atoms with Crippen molar-refractivity contribution in [3.63, 3.8) is 0 Å². The third-order valence-corrected chi connectivity index (χ3v) is 2.10. The summed E-state index contributed by atoms with van der Waals surface area (Å²) in [6, 6.07) is 0. The first kappa shape index (κ1) is 8.16. The van der Waals surface area contributed by atoms with Crippen molar-refractivity contribution in [3.8, 4) is 12.3 Å². The lowest BCUT2D eigenvalue weighted by Crippen LogP contribution is -2.08. The van der Waals surface area contributed by atoms with E-state index in [1.165, 1.54) is 0 Å². The fourth-order valence-corrected chi connectivity index (χ4v) is 1.37. The van der Waals surface area contributed by atoms with Crippen LogP contribution in [0, 0.1) is 12.3 Å². The predicted molar refractivity (Wildman–Crippen MR) is 50.8 cm³/mol. The third-order valence-electron chi connectivity index (χ3n) is 1.42. The molecule has 0 unspecified atom stereocenters. The minimum Gasteiger partial charge on any atom is -0.355 e. The second-order valence-corrected chi connectivity index (χ2v) is 3.16. The standard InChI is InChI=1S/C9H8BrN/c1-4-8-5-11(3)6-9(10)7(8)2/h1,5-6H,2H2,3H3. The van der Waals surface area contributed by atoms with Crippen molar-refractivity contribution in [2.24, 2.45) is 0 Å². The summed E-state index contributed by atoms with van der Waals surface area (Å²) in [6.45, 7) is 3.83. The molecule has 0 radical (unpaired) electrons. The van der Waals surface area contributed by atoms with Gasteiger partial charge in [-0.25, -0.2) is 0 Å². The second-order valence-electron chi connectivity index (χ2n) is 2.31.